The van der Waals surface area contributed by atoms with Crippen LogP contribution in [0.3, 0.4) is 0 Å². The van der Waals surface area contributed by atoms with Crippen LogP contribution in [-0.2, 0) is 4.79 Å². The third-order valence-corrected chi connectivity index (χ3v) is 4.67. The Kier molecular flexibility index (Phi) is 5.26. The van der Waals surface area contributed by atoms with E-state index in [2.05, 4.69) is 39.7 Å². The molecule has 2 aromatic rings. The summed E-state index contributed by atoms with van der Waals surface area (Å²) >= 11 is 0. The summed E-state index contributed by atoms with van der Waals surface area (Å²) in [6.07, 6.45) is 2.50. The number of nitrogens with zero attached hydrogens (tertiary/aromatic N) is 2. The monoisotopic (exact) mass is 342 g/mol. The molecule has 1 aromatic heterocycles. The molecule has 6 heteroatoms. The second-order valence-electron chi connectivity index (χ2n) is 6.89. The van der Waals surface area contributed by atoms with Crippen LogP contribution >= 0.6 is 0 Å². The van der Waals surface area contributed by atoms with Crippen molar-refractivity contribution in [3.8, 4) is 0 Å². The van der Waals surface area contributed by atoms with Crippen molar-refractivity contribution in [2.75, 3.05) is 28.6 Å². The lowest BCUT2D eigenvalue weighted by atomic mass is 9.99. The lowest BCUT2D eigenvalue weighted by molar-refractivity contribution is -0.116. The zero-order valence-corrected chi connectivity index (χ0v) is 15.1. The van der Waals surface area contributed by atoms with Crippen molar-refractivity contribution in [1.82, 2.24) is 5.16 Å². The van der Waals surface area contributed by atoms with Crippen molar-refractivity contribution in [2.45, 2.75) is 39.7 Å². The Bertz CT molecular complexity index is 702. The molecule has 0 unspecified atom stereocenters. The Morgan fingerprint density at radius 2 is 1.96 bits per heavy atom. The summed E-state index contributed by atoms with van der Waals surface area (Å²) in [6.45, 7) is 8.15. The summed E-state index contributed by atoms with van der Waals surface area (Å²) < 4.78 is 4.95. The minimum absolute atomic E-state index is 0.151. The van der Waals surface area contributed by atoms with Gasteiger partial charge in [0.05, 0.1) is 0 Å². The van der Waals surface area contributed by atoms with E-state index in [9.17, 15) is 4.79 Å². The molecular formula is C19H26N4O2. The number of piperidine rings is 1. The Labute approximate surface area is 148 Å². The topological polar surface area (TPSA) is 70.4 Å². The van der Waals surface area contributed by atoms with Gasteiger partial charge in [0.2, 0.25) is 5.91 Å². The van der Waals surface area contributed by atoms with Crippen LogP contribution in [0, 0.1) is 12.8 Å². The van der Waals surface area contributed by atoms with E-state index in [0.29, 0.717) is 11.6 Å². The van der Waals surface area contributed by atoms with Gasteiger partial charge in [-0.25, -0.2) is 0 Å². The van der Waals surface area contributed by atoms with Gasteiger partial charge in [0.25, 0.3) is 0 Å². The zero-order valence-electron chi connectivity index (χ0n) is 15.1. The predicted molar refractivity (Wildman–Crippen MR) is 100 cm³/mol. The van der Waals surface area contributed by atoms with Gasteiger partial charge in [-0.05, 0) is 56.9 Å². The van der Waals surface area contributed by atoms with Crippen molar-refractivity contribution in [3.05, 3.63) is 36.1 Å². The van der Waals surface area contributed by atoms with Crippen molar-refractivity contribution in [3.63, 3.8) is 0 Å². The van der Waals surface area contributed by atoms with Gasteiger partial charge in [-0.3, -0.25) is 4.79 Å². The summed E-state index contributed by atoms with van der Waals surface area (Å²) in [5, 5.41) is 9.73. The number of rotatable bonds is 5. The van der Waals surface area contributed by atoms with Crippen LogP contribution in [0.1, 0.15) is 32.4 Å². The van der Waals surface area contributed by atoms with Gasteiger partial charge < -0.3 is 20.1 Å². The van der Waals surface area contributed by atoms with Gasteiger partial charge in [-0.1, -0.05) is 12.1 Å². The number of anilines is 3. The number of benzene rings is 1. The van der Waals surface area contributed by atoms with Crippen LogP contribution in [0.25, 0.3) is 0 Å². The van der Waals surface area contributed by atoms with Crippen LogP contribution in [-0.4, -0.2) is 30.2 Å². The molecule has 0 aliphatic carbocycles. The SMILES string of the molecule is Cc1cc(NC(=O)[C@@H](C)Nc2ccc(N3CCC(C)CC3)cc2)no1. The lowest BCUT2D eigenvalue weighted by Crippen LogP contribution is -2.33. The molecule has 1 atom stereocenters. The molecule has 1 saturated heterocycles. The van der Waals surface area contributed by atoms with E-state index < -0.39 is 0 Å². The smallest absolute Gasteiger partial charge is 0.247 e. The number of nitrogens with one attached hydrogen (secondary N) is 2. The Morgan fingerprint density at radius 3 is 2.56 bits per heavy atom. The minimum Gasteiger partial charge on any atom is -0.374 e. The van der Waals surface area contributed by atoms with E-state index in [1.165, 1.54) is 18.5 Å². The Balaban J connectivity index is 1.54. The molecule has 134 valence electrons. The summed E-state index contributed by atoms with van der Waals surface area (Å²) in [5.41, 5.74) is 2.17. The highest BCUT2D eigenvalue weighted by atomic mass is 16.5. The molecule has 0 spiro atoms. The number of aromatic nitrogens is 1. The molecule has 25 heavy (non-hydrogen) atoms. The minimum atomic E-state index is -0.376. The fourth-order valence-electron chi connectivity index (χ4n) is 3.01. The molecule has 1 aliphatic heterocycles. The molecule has 3 rings (SSSR count). The first kappa shape index (κ1) is 17.3. The first-order valence-electron chi connectivity index (χ1n) is 8.87. The number of carbonyl (C=O) groups excluding carboxylic acids is 1. The van der Waals surface area contributed by atoms with E-state index in [4.69, 9.17) is 4.52 Å². The average molecular weight is 342 g/mol. The summed E-state index contributed by atoms with van der Waals surface area (Å²) in [5.74, 6) is 1.77. The van der Waals surface area contributed by atoms with E-state index >= 15 is 0 Å². The van der Waals surface area contributed by atoms with E-state index in [-0.39, 0.29) is 11.9 Å². The van der Waals surface area contributed by atoms with Gasteiger partial charge >= 0.3 is 0 Å². The van der Waals surface area contributed by atoms with Crippen molar-refractivity contribution >= 4 is 23.1 Å². The molecule has 2 heterocycles. The maximum atomic E-state index is 12.2. The van der Waals surface area contributed by atoms with Gasteiger partial charge in [-0.15, -0.1) is 0 Å². The third kappa shape index (κ3) is 4.53. The maximum Gasteiger partial charge on any atom is 0.247 e. The van der Waals surface area contributed by atoms with Gasteiger partial charge in [0, 0.05) is 30.5 Å². The molecule has 1 aliphatic rings. The molecule has 0 bridgehead atoms. The Hall–Kier alpha value is -2.50. The normalized spacial score (nSPS) is 16.5. The summed E-state index contributed by atoms with van der Waals surface area (Å²) in [4.78, 5) is 14.6. The highest BCUT2D eigenvalue weighted by molar-refractivity contribution is 5.95. The predicted octanol–water partition coefficient (Wildman–Crippen LogP) is 3.66. The van der Waals surface area contributed by atoms with Crippen LogP contribution in [0.2, 0.25) is 0 Å². The lowest BCUT2D eigenvalue weighted by Gasteiger charge is -2.32. The fraction of sp³-hybridized carbons (Fsp3) is 0.474. The Morgan fingerprint density at radius 1 is 1.28 bits per heavy atom. The number of aryl methyl sites for hydroxylation is 1. The fourth-order valence-corrected chi connectivity index (χ4v) is 3.01. The van der Waals surface area contributed by atoms with Crippen LogP contribution in [0.5, 0.6) is 0 Å². The first-order valence-corrected chi connectivity index (χ1v) is 8.87. The molecule has 2 N–H and O–H groups in total. The van der Waals surface area contributed by atoms with Crippen molar-refractivity contribution in [2.24, 2.45) is 5.92 Å². The molecule has 1 amide bonds. The average Bonchev–Trinajstić information content (AvgIpc) is 3.01. The van der Waals surface area contributed by atoms with E-state index in [0.717, 1.165) is 24.7 Å². The van der Waals surface area contributed by atoms with Crippen molar-refractivity contribution in [1.29, 1.82) is 0 Å². The molecule has 0 radical (unpaired) electrons. The van der Waals surface area contributed by atoms with Gasteiger partial charge in [-0.2, -0.15) is 0 Å². The van der Waals surface area contributed by atoms with Crippen LogP contribution < -0.4 is 15.5 Å². The van der Waals surface area contributed by atoms with Gasteiger partial charge in [0.1, 0.15) is 11.8 Å². The summed E-state index contributed by atoms with van der Waals surface area (Å²) in [6, 6.07) is 9.60. The van der Waals surface area contributed by atoms with E-state index in [1.54, 1.807) is 13.0 Å². The number of carbonyl (C=O) groups is 1. The van der Waals surface area contributed by atoms with Crippen LogP contribution in [0.4, 0.5) is 17.2 Å². The molecule has 6 nitrogen and oxygen atoms in total. The zero-order chi connectivity index (χ0) is 17.8. The third-order valence-electron chi connectivity index (χ3n) is 4.67. The number of hydrogen-bond acceptors (Lipinski definition) is 5. The summed E-state index contributed by atoms with van der Waals surface area (Å²) in [7, 11) is 0. The largest absolute Gasteiger partial charge is 0.374 e. The van der Waals surface area contributed by atoms with E-state index in [1.807, 2.05) is 19.1 Å². The standard InChI is InChI=1S/C19H26N4O2/c1-13-8-10-23(11-9-13)17-6-4-16(5-7-17)20-15(3)19(24)21-18-12-14(2)25-22-18/h4-7,12-13,15,20H,8-11H2,1-3H3,(H,21,22,24)/t15-/m1/s1. The molecule has 1 fully saturated rings. The molecule has 0 saturated carbocycles. The number of hydrogen-bond donors (Lipinski definition) is 2. The second kappa shape index (κ2) is 7.59. The van der Waals surface area contributed by atoms with Crippen molar-refractivity contribution < 1.29 is 9.32 Å². The second-order valence-corrected chi connectivity index (χ2v) is 6.89. The first-order chi connectivity index (χ1) is 12.0. The van der Waals surface area contributed by atoms with Crippen LogP contribution in [0.15, 0.2) is 34.9 Å². The van der Waals surface area contributed by atoms with Gasteiger partial charge in [0.15, 0.2) is 5.82 Å². The maximum absolute atomic E-state index is 12.2. The molecule has 1 aromatic carbocycles. The quantitative estimate of drug-likeness (QED) is 0.868. The molecular weight excluding hydrogens is 316 g/mol. The highest BCUT2D eigenvalue weighted by Crippen LogP contribution is 2.24. The number of amides is 1. The highest BCUT2D eigenvalue weighted by Gasteiger charge is 2.17.